The van der Waals surface area contributed by atoms with Gasteiger partial charge in [0.25, 0.3) is 0 Å². The Kier molecular flexibility index (Phi) is 5.87. The van der Waals surface area contributed by atoms with Gasteiger partial charge in [0.1, 0.15) is 0 Å². The van der Waals surface area contributed by atoms with E-state index in [1.54, 1.807) is 12.1 Å². The summed E-state index contributed by atoms with van der Waals surface area (Å²) < 4.78 is 4.69. The minimum absolute atomic E-state index is 0.144. The van der Waals surface area contributed by atoms with Gasteiger partial charge in [0.15, 0.2) is 0 Å². The summed E-state index contributed by atoms with van der Waals surface area (Å²) in [5.41, 5.74) is 1.38. The molecule has 0 radical (unpaired) electrons. The number of hydrogen-bond donors (Lipinski definition) is 2. The van der Waals surface area contributed by atoms with E-state index in [1.807, 2.05) is 12.1 Å². The van der Waals surface area contributed by atoms with Gasteiger partial charge < -0.3 is 15.2 Å². The number of carboxylic acid groups (broad SMARTS) is 1. The van der Waals surface area contributed by atoms with E-state index in [0.717, 1.165) is 5.56 Å². The lowest BCUT2D eigenvalue weighted by molar-refractivity contribution is -0.137. The topological polar surface area (TPSA) is 75.6 Å². The van der Waals surface area contributed by atoms with Crippen molar-refractivity contribution in [1.29, 1.82) is 0 Å². The maximum absolute atomic E-state index is 11.5. The first-order valence-corrected chi connectivity index (χ1v) is 5.74. The zero-order chi connectivity index (χ0) is 13.4. The van der Waals surface area contributed by atoms with Crippen molar-refractivity contribution in [3.05, 3.63) is 35.4 Å². The molecule has 0 aromatic heterocycles. The van der Waals surface area contributed by atoms with Gasteiger partial charge in [0.2, 0.25) is 0 Å². The van der Waals surface area contributed by atoms with E-state index >= 15 is 0 Å². The summed E-state index contributed by atoms with van der Waals surface area (Å²) in [4.78, 5) is 21.8. The zero-order valence-electron chi connectivity index (χ0n) is 10.3. The van der Waals surface area contributed by atoms with E-state index in [2.05, 4.69) is 5.32 Å². The minimum Gasteiger partial charge on any atom is -0.481 e. The normalized spacial score (nSPS) is 10.1. The monoisotopic (exact) mass is 251 g/mol. The Labute approximate surface area is 106 Å². The van der Waals surface area contributed by atoms with Crippen LogP contribution in [0.25, 0.3) is 0 Å². The Morgan fingerprint density at radius 2 is 2.06 bits per heavy atom. The first kappa shape index (κ1) is 14.2. The first-order valence-electron chi connectivity index (χ1n) is 5.74. The second-order valence-electron chi connectivity index (χ2n) is 3.82. The van der Waals surface area contributed by atoms with Crippen molar-refractivity contribution in [3.63, 3.8) is 0 Å². The highest BCUT2D eigenvalue weighted by Gasteiger charge is 2.09. The van der Waals surface area contributed by atoms with E-state index in [9.17, 15) is 9.59 Å². The second kappa shape index (κ2) is 7.45. The summed E-state index contributed by atoms with van der Waals surface area (Å²) in [6.45, 7) is 1.12. The Hall–Kier alpha value is -1.88. The number of hydrogen-bond acceptors (Lipinski definition) is 4. The van der Waals surface area contributed by atoms with Crippen LogP contribution < -0.4 is 5.32 Å². The van der Waals surface area contributed by atoms with E-state index in [-0.39, 0.29) is 12.4 Å². The lowest BCUT2D eigenvalue weighted by Gasteiger charge is -2.08. The van der Waals surface area contributed by atoms with Crippen molar-refractivity contribution in [2.45, 2.75) is 19.4 Å². The van der Waals surface area contributed by atoms with Crippen molar-refractivity contribution in [1.82, 2.24) is 5.32 Å². The van der Waals surface area contributed by atoms with Gasteiger partial charge in [0.05, 0.1) is 12.7 Å². The van der Waals surface area contributed by atoms with Gasteiger partial charge in [0, 0.05) is 13.0 Å². The summed E-state index contributed by atoms with van der Waals surface area (Å²) in [7, 11) is 1.35. The third-order valence-corrected chi connectivity index (χ3v) is 2.48. The molecule has 98 valence electrons. The van der Waals surface area contributed by atoms with Crippen LogP contribution in [0.2, 0.25) is 0 Å². The van der Waals surface area contributed by atoms with Crippen LogP contribution in [0.3, 0.4) is 0 Å². The molecule has 1 aromatic carbocycles. The number of rotatable bonds is 7. The van der Waals surface area contributed by atoms with E-state index in [1.165, 1.54) is 7.11 Å². The molecule has 0 bridgehead atoms. The fourth-order valence-corrected chi connectivity index (χ4v) is 1.57. The van der Waals surface area contributed by atoms with E-state index < -0.39 is 5.97 Å². The largest absolute Gasteiger partial charge is 0.481 e. The van der Waals surface area contributed by atoms with Gasteiger partial charge in [-0.25, -0.2) is 4.79 Å². The van der Waals surface area contributed by atoms with Crippen LogP contribution >= 0.6 is 0 Å². The van der Waals surface area contributed by atoms with Gasteiger partial charge >= 0.3 is 11.9 Å². The number of ether oxygens (including phenoxy) is 1. The summed E-state index contributed by atoms with van der Waals surface area (Å²) in [5, 5.41) is 11.6. The van der Waals surface area contributed by atoms with Crippen LogP contribution in [0.1, 0.15) is 28.8 Å². The quantitative estimate of drug-likeness (QED) is 0.566. The lowest BCUT2D eigenvalue weighted by atomic mass is 10.1. The zero-order valence-corrected chi connectivity index (χ0v) is 10.3. The molecule has 0 aliphatic carbocycles. The molecule has 0 unspecified atom stereocenters. The summed E-state index contributed by atoms with van der Waals surface area (Å²) in [5.74, 6) is -1.16. The molecule has 0 spiro atoms. The third-order valence-electron chi connectivity index (χ3n) is 2.48. The third kappa shape index (κ3) is 4.55. The van der Waals surface area contributed by atoms with E-state index in [4.69, 9.17) is 9.84 Å². The molecule has 0 aliphatic heterocycles. The van der Waals surface area contributed by atoms with Crippen molar-refractivity contribution in [3.8, 4) is 0 Å². The molecule has 1 aromatic rings. The summed E-state index contributed by atoms with van der Waals surface area (Å²) in [6, 6.07) is 7.18. The Bertz CT molecular complexity index is 417. The molecule has 0 saturated heterocycles. The average Bonchev–Trinajstić information content (AvgIpc) is 2.37. The fourth-order valence-electron chi connectivity index (χ4n) is 1.57. The predicted molar refractivity (Wildman–Crippen MR) is 66.4 cm³/mol. The van der Waals surface area contributed by atoms with Crippen LogP contribution in [0, 0.1) is 0 Å². The number of carboxylic acids is 1. The molecule has 0 aliphatic rings. The number of carbonyl (C=O) groups is 2. The molecule has 0 heterocycles. The van der Waals surface area contributed by atoms with Crippen LogP contribution in [0.5, 0.6) is 0 Å². The molecule has 1 rings (SSSR count). The molecular formula is C13H17NO4. The molecule has 18 heavy (non-hydrogen) atoms. The number of aliphatic carboxylic acids is 1. The lowest BCUT2D eigenvalue weighted by Crippen LogP contribution is -2.18. The number of benzene rings is 1. The number of nitrogens with one attached hydrogen (secondary N) is 1. The maximum atomic E-state index is 11.5. The Balaban J connectivity index is 2.46. The standard InChI is InChI=1S/C13H17NO4/c1-18-13(17)11-6-3-2-5-10(11)9-14-8-4-7-12(15)16/h2-3,5-6,14H,4,7-9H2,1H3,(H,15,16). The van der Waals surface area contributed by atoms with Crippen LogP contribution in [0.4, 0.5) is 0 Å². The fraction of sp³-hybridized carbons (Fsp3) is 0.385. The maximum Gasteiger partial charge on any atom is 0.338 e. The van der Waals surface area contributed by atoms with Crippen molar-refractivity contribution in [2.75, 3.05) is 13.7 Å². The second-order valence-corrected chi connectivity index (χ2v) is 3.82. The van der Waals surface area contributed by atoms with Gasteiger partial charge in [-0.3, -0.25) is 4.79 Å². The highest BCUT2D eigenvalue weighted by molar-refractivity contribution is 5.90. The van der Waals surface area contributed by atoms with Crippen LogP contribution in [-0.4, -0.2) is 30.7 Å². The van der Waals surface area contributed by atoms with Crippen molar-refractivity contribution < 1.29 is 19.4 Å². The van der Waals surface area contributed by atoms with Crippen LogP contribution in [0.15, 0.2) is 24.3 Å². The summed E-state index contributed by atoms with van der Waals surface area (Å²) >= 11 is 0. The molecule has 0 amide bonds. The first-order chi connectivity index (χ1) is 8.65. The molecular weight excluding hydrogens is 234 g/mol. The number of methoxy groups -OCH3 is 1. The van der Waals surface area contributed by atoms with Gasteiger partial charge in [-0.2, -0.15) is 0 Å². The molecule has 0 fully saturated rings. The predicted octanol–water partition coefficient (Wildman–Crippen LogP) is 1.43. The molecule has 2 N–H and O–H groups in total. The Morgan fingerprint density at radius 1 is 1.33 bits per heavy atom. The SMILES string of the molecule is COC(=O)c1ccccc1CNCCCC(=O)O. The molecule has 5 nitrogen and oxygen atoms in total. The smallest absolute Gasteiger partial charge is 0.338 e. The van der Waals surface area contributed by atoms with Crippen LogP contribution in [-0.2, 0) is 16.1 Å². The van der Waals surface area contributed by atoms with Gasteiger partial charge in [-0.15, -0.1) is 0 Å². The molecule has 0 atom stereocenters. The van der Waals surface area contributed by atoms with Gasteiger partial charge in [-0.05, 0) is 24.6 Å². The summed E-state index contributed by atoms with van der Waals surface area (Å²) in [6.07, 6.45) is 0.710. The van der Waals surface area contributed by atoms with E-state index in [0.29, 0.717) is 25.1 Å². The minimum atomic E-state index is -0.799. The Morgan fingerprint density at radius 3 is 2.72 bits per heavy atom. The number of esters is 1. The number of carbonyl (C=O) groups excluding carboxylic acids is 1. The van der Waals surface area contributed by atoms with Gasteiger partial charge in [-0.1, -0.05) is 18.2 Å². The van der Waals surface area contributed by atoms with Crippen molar-refractivity contribution in [2.24, 2.45) is 0 Å². The average molecular weight is 251 g/mol. The highest BCUT2D eigenvalue weighted by atomic mass is 16.5. The molecule has 5 heteroatoms. The molecule has 0 saturated carbocycles. The van der Waals surface area contributed by atoms with Crippen molar-refractivity contribution >= 4 is 11.9 Å². The highest BCUT2D eigenvalue weighted by Crippen LogP contribution is 2.09.